The van der Waals surface area contributed by atoms with Gasteiger partial charge in [0, 0.05) is 11.8 Å². The highest BCUT2D eigenvalue weighted by Gasteiger charge is 2.22. The molecule has 0 aliphatic carbocycles. The Morgan fingerprint density at radius 3 is 2.67 bits per heavy atom. The van der Waals surface area contributed by atoms with E-state index < -0.39 is 34.4 Å². The Morgan fingerprint density at radius 1 is 1.38 bits per heavy atom. The van der Waals surface area contributed by atoms with E-state index in [0.717, 1.165) is 18.2 Å². The number of hydrogen-bond acceptors (Lipinski definition) is 6. The van der Waals surface area contributed by atoms with E-state index in [0.29, 0.717) is 4.67 Å². The number of rotatable bonds is 5. The topological polar surface area (TPSA) is 112 Å². The first kappa shape index (κ1) is 17.6. The molecule has 1 amide bonds. The Labute approximate surface area is 142 Å². The molecule has 1 aromatic heterocycles. The molecule has 2 aromatic rings. The second-order valence-electron chi connectivity index (χ2n) is 4.56. The molecule has 0 fully saturated rings. The fraction of sp³-hybridized carbons (Fsp3) is 0.143. The fourth-order valence-corrected chi connectivity index (χ4v) is 1.98. The molecule has 1 aromatic carbocycles. The van der Waals surface area contributed by atoms with Crippen molar-refractivity contribution in [2.24, 2.45) is 0 Å². The lowest BCUT2D eigenvalue weighted by molar-refractivity contribution is -0.387. The normalized spacial score (nSPS) is 11.6. The number of anilines is 1. The number of ether oxygens (including phenoxy) is 1. The summed E-state index contributed by atoms with van der Waals surface area (Å²) in [6, 6.07) is 5.72. The van der Waals surface area contributed by atoms with Crippen molar-refractivity contribution in [2.75, 3.05) is 5.32 Å². The van der Waals surface area contributed by atoms with Gasteiger partial charge in [0.15, 0.2) is 10.8 Å². The minimum absolute atomic E-state index is 0.00302. The van der Waals surface area contributed by atoms with Crippen LogP contribution in [-0.2, 0) is 9.53 Å². The average Bonchev–Trinajstić information content (AvgIpc) is 2.95. The lowest BCUT2D eigenvalue weighted by atomic mass is 10.2. The number of nitrogens with one attached hydrogen (secondary N) is 1. The first-order valence-electron chi connectivity index (χ1n) is 6.49. The van der Waals surface area contributed by atoms with E-state index in [2.05, 4.69) is 21.2 Å². The van der Waals surface area contributed by atoms with Gasteiger partial charge in [-0.25, -0.2) is 4.79 Å². The molecule has 0 aliphatic heterocycles. The summed E-state index contributed by atoms with van der Waals surface area (Å²) < 4.78 is 23.5. The molecule has 0 bridgehead atoms. The highest BCUT2D eigenvalue weighted by Crippen LogP contribution is 2.22. The molecule has 126 valence electrons. The standard InChI is InChI=1S/C14H10BrFN2O6/c1-7(23-14(20)11-4-5-12(15)24-11)13(19)17-8-2-3-9(16)10(6-8)18(21)22/h2-7H,1H3,(H,17,19)/t7-/m0/s1. The van der Waals surface area contributed by atoms with E-state index in [9.17, 15) is 24.1 Å². The first-order chi connectivity index (χ1) is 11.3. The number of amides is 1. The van der Waals surface area contributed by atoms with Crippen molar-refractivity contribution in [1.29, 1.82) is 0 Å². The van der Waals surface area contributed by atoms with Gasteiger partial charge in [0.05, 0.1) is 4.92 Å². The average molecular weight is 401 g/mol. The van der Waals surface area contributed by atoms with Crippen LogP contribution in [0.5, 0.6) is 0 Å². The number of esters is 1. The predicted molar refractivity (Wildman–Crippen MR) is 83.0 cm³/mol. The minimum atomic E-state index is -1.20. The third-order valence-electron chi connectivity index (χ3n) is 2.84. The second kappa shape index (κ2) is 7.21. The summed E-state index contributed by atoms with van der Waals surface area (Å²) in [7, 11) is 0. The third kappa shape index (κ3) is 4.16. The van der Waals surface area contributed by atoms with E-state index >= 15 is 0 Å². The van der Waals surface area contributed by atoms with Crippen molar-refractivity contribution in [2.45, 2.75) is 13.0 Å². The molecule has 1 heterocycles. The number of benzene rings is 1. The van der Waals surface area contributed by atoms with Gasteiger partial charge in [-0.2, -0.15) is 4.39 Å². The largest absolute Gasteiger partial charge is 0.447 e. The van der Waals surface area contributed by atoms with Crippen LogP contribution < -0.4 is 5.32 Å². The Hall–Kier alpha value is -2.75. The summed E-state index contributed by atoms with van der Waals surface area (Å²) >= 11 is 3.02. The maximum atomic E-state index is 13.2. The van der Waals surface area contributed by atoms with Crippen LogP contribution in [0.4, 0.5) is 15.8 Å². The Kier molecular flexibility index (Phi) is 5.29. The monoisotopic (exact) mass is 400 g/mol. The number of hydrogen-bond donors (Lipinski definition) is 1. The summed E-state index contributed by atoms with van der Waals surface area (Å²) in [6.07, 6.45) is -1.20. The van der Waals surface area contributed by atoms with Crippen LogP contribution in [0, 0.1) is 15.9 Å². The van der Waals surface area contributed by atoms with Gasteiger partial charge < -0.3 is 14.5 Å². The molecule has 2 rings (SSSR count). The maximum Gasteiger partial charge on any atom is 0.375 e. The highest BCUT2D eigenvalue weighted by atomic mass is 79.9. The fourth-order valence-electron chi connectivity index (χ4n) is 1.67. The van der Waals surface area contributed by atoms with E-state index in [1.54, 1.807) is 0 Å². The summed E-state index contributed by atoms with van der Waals surface area (Å²) in [5.41, 5.74) is -0.783. The third-order valence-corrected chi connectivity index (χ3v) is 3.26. The van der Waals surface area contributed by atoms with Crippen LogP contribution in [0.3, 0.4) is 0 Å². The smallest absolute Gasteiger partial charge is 0.375 e. The number of halogens is 2. The predicted octanol–water partition coefficient (Wildman–Crippen LogP) is 3.27. The van der Waals surface area contributed by atoms with Gasteiger partial charge in [-0.05, 0) is 47.1 Å². The quantitative estimate of drug-likeness (QED) is 0.468. The Balaban J connectivity index is 2.02. The molecule has 0 saturated heterocycles. The molecule has 0 saturated carbocycles. The molecular formula is C14H10BrFN2O6. The zero-order valence-corrected chi connectivity index (χ0v) is 13.7. The van der Waals surface area contributed by atoms with Gasteiger partial charge >= 0.3 is 11.7 Å². The van der Waals surface area contributed by atoms with E-state index in [1.165, 1.54) is 19.1 Å². The van der Waals surface area contributed by atoms with Gasteiger partial charge in [-0.15, -0.1) is 0 Å². The van der Waals surface area contributed by atoms with Crippen molar-refractivity contribution < 1.29 is 28.1 Å². The summed E-state index contributed by atoms with van der Waals surface area (Å²) in [6.45, 7) is 1.31. The van der Waals surface area contributed by atoms with Crippen molar-refractivity contribution in [3.63, 3.8) is 0 Å². The zero-order chi connectivity index (χ0) is 17.9. The zero-order valence-electron chi connectivity index (χ0n) is 12.1. The van der Waals surface area contributed by atoms with E-state index in [-0.39, 0.29) is 11.4 Å². The lowest BCUT2D eigenvalue weighted by Crippen LogP contribution is -2.29. The molecule has 0 radical (unpaired) electrons. The number of nitrogens with zero attached hydrogens (tertiary/aromatic N) is 1. The van der Waals surface area contributed by atoms with Crippen molar-refractivity contribution in [1.82, 2.24) is 0 Å². The first-order valence-corrected chi connectivity index (χ1v) is 7.28. The molecule has 0 aliphatic rings. The van der Waals surface area contributed by atoms with Crippen molar-refractivity contribution >= 4 is 39.2 Å². The van der Waals surface area contributed by atoms with Crippen LogP contribution in [0.15, 0.2) is 39.4 Å². The maximum absolute atomic E-state index is 13.2. The highest BCUT2D eigenvalue weighted by molar-refractivity contribution is 9.10. The summed E-state index contributed by atoms with van der Waals surface area (Å²) in [5.74, 6) is -2.72. The van der Waals surface area contributed by atoms with Crippen molar-refractivity contribution in [3.8, 4) is 0 Å². The molecule has 24 heavy (non-hydrogen) atoms. The van der Waals surface area contributed by atoms with E-state index in [1.807, 2.05) is 0 Å². The van der Waals surface area contributed by atoms with Crippen LogP contribution in [-0.4, -0.2) is 22.9 Å². The number of furan rings is 1. The molecule has 1 N–H and O–H groups in total. The van der Waals surface area contributed by atoms with Gasteiger partial charge in [-0.3, -0.25) is 14.9 Å². The molecular weight excluding hydrogens is 391 g/mol. The lowest BCUT2D eigenvalue weighted by Gasteiger charge is -2.12. The van der Waals surface area contributed by atoms with E-state index in [4.69, 9.17) is 9.15 Å². The molecule has 1 atom stereocenters. The molecule has 0 unspecified atom stereocenters. The molecule has 8 nitrogen and oxygen atoms in total. The summed E-state index contributed by atoms with van der Waals surface area (Å²) in [5, 5.41) is 13.0. The molecule has 0 spiro atoms. The van der Waals surface area contributed by atoms with Gasteiger partial charge in [0.1, 0.15) is 0 Å². The number of nitro groups is 1. The summed E-state index contributed by atoms with van der Waals surface area (Å²) in [4.78, 5) is 33.5. The van der Waals surface area contributed by atoms with Crippen LogP contribution >= 0.6 is 15.9 Å². The van der Waals surface area contributed by atoms with Crippen LogP contribution in [0.1, 0.15) is 17.5 Å². The second-order valence-corrected chi connectivity index (χ2v) is 5.35. The van der Waals surface area contributed by atoms with Gasteiger partial charge in [-0.1, -0.05) is 0 Å². The van der Waals surface area contributed by atoms with Crippen molar-refractivity contribution in [3.05, 3.63) is 56.7 Å². The van der Waals surface area contributed by atoms with Crippen LogP contribution in [0.25, 0.3) is 0 Å². The Bertz CT molecular complexity index is 806. The Morgan fingerprint density at radius 2 is 2.08 bits per heavy atom. The molecule has 10 heteroatoms. The van der Waals surface area contributed by atoms with Crippen LogP contribution in [0.2, 0.25) is 0 Å². The van der Waals surface area contributed by atoms with Gasteiger partial charge in [0.25, 0.3) is 5.91 Å². The SMILES string of the molecule is C[C@H](OC(=O)c1ccc(Br)o1)C(=O)Nc1ccc(F)c([N+](=O)[O-])c1. The number of nitro benzene ring substituents is 1. The minimum Gasteiger partial charge on any atom is -0.447 e. The number of carbonyl (C=O) groups is 2. The van der Waals surface area contributed by atoms with Gasteiger partial charge in [0.2, 0.25) is 11.6 Å². The number of carbonyl (C=O) groups excluding carboxylic acids is 2.